The van der Waals surface area contributed by atoms with Crippen molar-refractivity contribution < 1.29 is 62.3 Å². The molecule has 51 heavy (non-hydrogen) atoms. The smallest absolute Gasteiger partial charge is 0.349 e. The van der Waals surface area contributed by atoms with Crippen molar-refractivity contribution in [2.24, 2.45) is 5.92 Å². The molecule has 0 radical (unpaired) electrons. The third-order valence-corrected chi connectivity index (χ3v) is 10.5. The lowest BCUT2D eigenvalue weighted by Gasteiger charge is -2.37. The summed E-state index contributed by atoms with van der Waals surface area (Å²) in [6, 6.07) is 9.20. The lowest BCUT2D eigenvalue weighted by atomic mass is 9.89. The molecule has 0 N–H and O–H groups in total. The molecule has 2 amide bonds. The molecule has 0 unspecified atom stereocenters. The quantitative estimate of drug-likeness (QED) is 0.151. The minimum absolute atomic E-state index is 0.0587. The van der Waals surface area contributed by atoms with Crippen LogP contribution in [0.25, 0.3) is 0 Å². The number of sulfone groups is 1. The van der Waals surface area contributed by atoms with E-state index in [-0.39, 0.29) is 61.8 Å². The van der Waals surface area contributed by atoms with E-state index in [9.17, 15) is 57.5 Å². The first kappa shape index (κ1) is 39.7. The summed E-state index contributed by atoms with van der Waals surface area (Å²) in [5.41, 5.74) is -7.32. The molecule has 1 aliphatic rings. The first-order chi connectivity index (χ1) is 23.8. The van der Waals surface area contributed by atoms with Crippen molar-refractivity contribution >= 4 is 21.7 Å². The van der Waals surface area contributed by atoms with E-state index in [2.05, 4.69) is 4.74 Å². The number of aryl methyl sites for hydroxylation is 1. The number of alkyl halides is 6. The van der Waals surface area contributed by atoms with Gasteiger partial charge in [0.1, 0.15) is 17.5 Å². The lowest BCUT2D eigenvalue weighted by molar-refractivity contribution is -0.392. The summed E-state index contributed by atoms with van der Waals surface area (Å²) < 4.78 is 158. The average Bonchev–Trinajstić information content (AvgIpc) is 3.05. The van der Waals surface area contributed by atoms with Crippen LogP contribution in [0.1, 0.15) is 36.5 Å². The molecule has 7 nitrogen and oxygen atoms in total. The summed E-state index contributed by atoms with van der Waals surface area (Å²) >= 11 is 0. The van der Waals surface area contributed by atoms with Gasteiger partial charge in [0.15, 0.2) is 9.84 Å². The Bertz CT molecular complexity index is 1760. The van der Waals surface area contributed by atoms with Crippen LogP contribution in [0.15, 0.2) is 71.6 Å². The Kier molecular flexibility index (Phi) is 12.2. The summed E-state index contributed by atoms with van der Waals surface area (Å²) in [5.74, 6) is -5.61. The fourth-order valence-electron chi connectivity index (χ4n) is 5.78. The van der Waals surface area contributed by atoms with E-state index in [1.807, 2.05) is 0 Å². The molecule has 4 rings (SSSR count). The van der Waals surface area contributed by atoms with Crippen LogP contribution in [-0.2, 0) is 42.8 Å². The molecule has 1 heterocycles. The number of benzene rings is 3. The molecule has 17 heteroatoms. The zero-order chi connectivity index (χ0) is 37.8. The Morgan fingerprint density at radius 1 is 0.765 bits per heavy atom. The highest BCUT2D eigenvalue weighted by molar-refractivity contribution is 7.91. The summed E-state index contributed by atoms with van der Waals surface area (Å²) in [5, 5.41) is 0. The molecule has 278 valence electrons. The van der Waals surface area contributed by atoms with E-state index in [0.717, 1.165) is 42.5 Å². The normalized spacial score (nSPS) is 15.2. The van der Waals surface area contributed by atoms with Gasteiger partial charge in [-0.05, 0) is 61.2 Å². The average molecular weight is 753 g/mol. The van der Waals surface area contributed by atoms with Crippen LogP contribution < -0.4 is 0 Å². The monoisotopic (exact) mass is 752 g/mol. The Labute approximate surface area is 287 Å². The van der Waals surface area contributed by atoms with Crippen LogP contribution in [0.3, 0.4) is 0 Å². The molecule has 1 atom stereocenters. The van der Waals surface area contributed by atoms with Gasteiger partial charge in [-0.1, -0.05) is 30.3 Å². The maximum absolute atomic E-state index is 14.3. The second-order valence-corrected chi connectivity index (χ2v) is 14.1. The van der Waals surface area contributed by atoms with Crippen molar-refractivity contribution in [1.82, 2.24) is 9.80 Å². The van der Waals surface area contributed by atoms with Crippen molar-refractivity contribution in [3.63, 3.8) is 0 Å². The fourth-order valence-corrected chi connectivity index (χ4v) is 7.16. The molecule has 0 saturated carbocycles. The highest BCUT2D eigenvalue weighted by atomic mass is 32.2. The number of nitrogens with zero attached hydrogens (tertiary/aromatic N) is 2. The van der Waals surface area contributed by atoms with E-state index in [1.165, 1.54) is 16.7 Å². The molecule has 0 bridgehead atoms. The van der Waals surface area contributed by atoms with Crippen molar-refractivity contribution in [1.29, 1.82) is 0 Å². The molecule has 0 spiro atoms. The first-order valence-corrected chi connectivity index (χ1v) is 17.2. The minimum Gasteiger partial charge on any atom is -0.349 e. The van der Waals surface area contributed by atoms with Gasteiger partial charge < -0.3 is 14.5 Å². The fraction of sp³-hybridized carbons (Fsp3) is 0.412. The van der Waals surface area contributed by atoms with Gasteiger partial charge >= 0.3 is 12.4 Å². The predicted molar refractivity (Wildman–Crippen MR) is 165 cm³/mol. The number of carbonyl (C=O) groups is 2. The number of halogens is 9. The van der Waals surface area contributed by atoms with Gasteiger partial charge in [0.2, 0.25) is 11.8 Å². The molecule has 1 fully saturated rings. The Morgan fingerprint density at radius 2 is 1.29 bits per heavy atom. The van der Waals surface area contributed by atoms with Crippen LogP contribution in [0.2, 0.25) is 0 Å². The SMILES string of the molecule is CC(=O)N1CCN(C(=O)[C@@H](CCc2ccc(C(OCc3c(F)cccc3F)(C(F)(F)F)C(F)(F)F)cc2)CCS(=O)(=O)c2ccc(F)cc2)CC1. The zero-order valence-electron chi connectivity index (χ0n) is 27.0. The number of rotatable bonds is 12. The lowest BCUT2D eigenvalue weighted by Crippen LogP contribution is -2.55. The maximum Gasteiger partial charge on any atom is 0.430 e. The standard InChI is InChI=1S/C34H33F9N2O5S/c1-22(46)44-16-18-45(19-17-44)31(47)24(15-20-51(48,49)27-13-11-26(35)12-14-27)8-5-23-6-9-25(10-7-23)32(33(38,39)40,34(41,42)43)50-21-28-29(36)3-2-4-30(28)37/h2-4,6-7,9-14,24H,5,8,15-21H2,1H3/t24-/m0/s1. The van der Waals surface area contributed by atoms with Crippen LogP contribution in [-0.4, -0.2) is 74.3 Å². The molecular formula is C34H33F9N2O5S. The number of amides is 2. The summed E-state index contributed by atoms with van der Waals surface area (Å²) in [6.07, 6.45) is -12.6. The van der Waals surface area contributed by atoms with Crippen LogP contribution in [0.4, 0.5) is 39.5 Å². The van der Waals surface area contributed by atoms with Crippen LogP contribution in [0.5, 0.6) is 0 Å². The number of piperazine rings is 1. The van der Waals surface area contributed by atoms with E-state index < -0.39 is 80.6 Å². The second kappa shape index (κ2) is 15.6. The summed E-state index contributed by atoms with van der Waals surface area (Å²) in [4.78, 5) is 28.1. The van der Waals surface area contributed by atoms with E-state index in [1.54, 1.807) is 0 Å². The van der Waals surface area contributed by atoms with Gasteiger partial charge in [0, 0.05) is 50.1 Å². The molecular weight excluding hydrogens is 719 g/mol. The zero-order valence-corrected chi connectivity index (χ0v) is 27.9. The molecule has 1 aliphatic heterocycles. The highest BCUT2D eigenvalue weighted by Gasteiger charge is 2.73. The maximum atomic E-state index is 14.3. The van der Waals surface area contributed by atoms with Gasteiger partial charge in [-0.15, -0.1) is 0 Å². The largest absolute Gasteiger partial charge is 0.430 e. The van der Waals surface area contributed by atoms with Gasteiger partial charge in [0.05, 0.1) is 17.3 Å². The topological polar surface area (TPSA) is 84.0 Å². The number of ether oxygens (including phenoxy) is 1. The van der Waals surface area contributed by atoms with Crippen LogP contribution >= 0.6 is 0 Å². The van der Waals surface area contributed by atoms with Crippen molar-refractivity contribution in [3.05, 3.63) is 101 Å². The third-order valence-electron chi connectivity index (χ3n) is 8.73. The highest BCUT2D eigenvalue weighted by Crippen LogP contribution is 2.53. The van der Waals surface area contributed by atoms with Crippen LogP contribution in [0, 0.1) is 23.4 Å². The van der Waals surface area contributed by atoms with Gasteiger partial charge in [-0.25, -0.2) is 21.6 Å². The summed E-state index contributed by atoms with van der Waals surface area (Å²) in [7, 11) is -3.98. The minimum atomic E-state index is -6.13. The molecule has 0 aromatic heterocycles. The number of carbonyl (C=O) groups excluding carboxylic acids is 2. The van der Waals surface area contributed by atoms with E-state index in [4.69, 9.17) is 0 Å². The van der Waals surface area contributed by atoms with Crippen molar-refractivity contribution in [2.75, 3.05) is 31.9 Å². The van der Waals surface area contributed by atoms with Crippen molar-refractivity contribution in [2.45, 2.75) is 55.6 Å². The predicted octanol–water partition coefficient (Wildman–Crippen LogP) is 6.74. The Balaban J connectivity index is 1.57. The molecule has 3 aromatic carbocycles. The Hall–Kier alpha value is -4.12. The molecule has 0 aliphatic carbocycles. The number of hydrogen-bond donors (Lipinski definition) is 0. The third kappa shape index (κ3) is 9.04. The van der Waals surface area contributed by atoms with Gasteiger partial charge in [-0.2, -0.15) is 26.3 Å². The first-order valence-electron chi connectivity index (χ1n) is 15.6. The molecule has 3 aromatic rings. The summed E-state index contributed by atoms with van der Waals surface area (Å²) in [6.45, 7) is 0.437. The van der Waals surface area contributed by atoms with Crippen molar-refractivity contribution in [3.8, 4) is 0 Å². The second-order valence-electron chi connectivity index (χ2n) is 12.0. The Morgan fingerprint density at radius 3 is 1.80 bits per heavy atom. The van der Waals surface area contributed by atoms with Gasteiger partial charge in [-0.3, -0.25) is 9.59 Å². The van der Waals surface area contributed by atoms with E-state index in [0.29, 0.717) is 24.3 Å². The number of hydrogen-bond acceptors (Lipinski definition) is 5. The van der Waals surface area contributed by atoms with Gasteiger partial charge in [0.25, 0.3) is 5.60 Å². The molecule has 1 saturated heterocycles. The van der Waals surface area contributed by atoms with E-state index >= 15 is 0 Å².